The number of nitrogens with zero attached hydrogens (tertiary/aromatic N) is 1. The zero-order valence-electron chi connectivity index (χ0n) is 10.1. The highest BCUT2D eigenvalue weighted by Crippen LogP contribution is 2.27. The van der Waals surface area contributed by atoms with Gasteiger partial charge in [0.1, 0.15) is 5.75 Å². The molecule has 0 radical (unpaired) electrons. The van der Waals surface area contributed by atoms with Gasteiger partial charge in [-0.2, -0.15) is 0 Å². The Morgan fingerprint density at radius 2 is 2.28 bits per heavy atom. The highest BCUT2D eigenvalue weighted by atomic mass is 79.9. The Balaban J connectivity index is 2.30. The van der Waals surface area contributed by atoms with Gasteiger partial charge < -0.3 is 9.57 Å². The van der Waals surface area contributed by atoms with Crippen molar-refractivity contribution in [3.05, 3.63) is 33.8 Å². The minimum absolute atomic E-state index is 0.419. The van der Waals surface area contributed by atoms with E-state index in [1.165, 1.54) is 0 Å². The van der Waals surface area contributed by atoms with Crippen LogP contribution in [0.25, 0.3) is 6.08 Å². The molecule has 0 spiro atoms. The van der Waals surface area contributed by atoms with Gasteiger partial charge >= 0.3 is 5.97 Å². The van der Waals surface area contributed by atoms with E-state index in [1.807, 2.05) is 25.1 Å². The lowest BCUT2D eigenvalue weighted by molar-refractivity contribution is -0.136. The van der Waals surface area contributed by atoms with Crippen LogP contribution in [0.4, 0.5) is 0 Å². The zero-order chi connectivity index (χ0) is 13.1. The summed E-state index contributed by atoms with van der Waals surface area (Å²) in [5.41, 5.74) is 1.95. The van der Waals surface area contributed by atoms with Gasteiger partial charge in [-0.3, -0.25) is 0 Å². The van der Waals surface area contributed by atoms with E-state index in [0.717, 1.165) is 15.8 Å². The zero-order valence-corrected chi connectivity index (χ0v) is 11.7. The average molecular weight is 310 g/mol. The summed E-state index contributed by atoms with van der Waals surface area (Å²) in [5.74, 6) is 0.358. The number of halogens is 1. The van der Waals surface area contributed by atoms with Gasteiger partial charge in [0.15, 0.2) is 0 Å². The smallest absolute Gasteiger partial charge is 0.367 e. The van der Waals surface area contributed by atoms with Crippen LogP contribution in [0.1, 0.15) is 19.4 Å². The number of benzene rings is 1. The molecule has 0 unspecified atom stereocenters. The van der Waals surface area contributed by atoms with Crippen molar-refractivity contribution in [2.45, 2.75) is 13.8 Å². The third-order valence-electron chi connectivity index (χ3n) is 2.44. The molecule has 1 heterocycles. The highest BCUT2D eigenvalue weighted by Gasteiger charge is 2.21. The van der Waals surface area contributed by atoms with Gasteiger partial charge in [0.25, 0.3) is 0 Å². The SMILES string of the molecule is CCOc1ccc(/C=C2/C(=O)ON=C2C)cc1Br. The molecule has 4 nitrogen and oxygen atoms in total. The van der Waals surface area contributed by atoms with Crippen molar-refractivity contribution in [3.63, 3.8) is 0 Å². The van der Waals surface area contributed by atoms with Gasteiger partial charge in [-0.25, -0.2) is 4.79 Å². The minimum atomic E-state index is -0.419. The number of carbonyl (C=O) groups is 1. The van der Waals surface area contributed by atoms with Crippen LogP contribution in [0.5, 0.6) is 5.75 Å². The first kappa shape index (κ1) is 12.8. The van der Waals surface area contributed by atoms with Crippen molar-refractivity contribution < 1.29 is 14.4 Å². The van der Waals surface area contributed by atoms with Crippen LogP contribution in [-0.2, 0) is 9.63 Å². The molecular formula is C13H12BrNO3. The normalized spacial score (nSPS) is 16.7. The number of ether oxygens (including phenoxy) is 1. The Morgan fingerprint density at radius 3 is 2.83 bits per heavy atom. The molecular weight excluding hydrogens is 298 g/mol. The molecule has 0 aromatic heterocycles. The van der Waals surface area contributed by atoms with Gasteiger partial charge in [-0.05, 0) is 53.5 Å². The molecule has 0 saturated heterocycles. The van der Waals surface area contributed by atoms with Crippen LogP contribution < -0.4 is 4.74 Å². The van der Waals surface area contributed by atoms with Crippen LogP contribution in [-0.4, -0.2) is 18.3 Å². The molecule has 1 aromatic rings. The largest absolute Gasteiger partial charge is 0.493 e. The molecule has 1 aliphatic heterocycles. The molecule has 0 amide bonds. The van der Waals surface area contributed by atoms with Crippen molar-refractivity contribution in [1.82, 2.24) is 0 Å². The van der Waals surface area contributed by atoms with Crippen LogP contribution in [0.2, 0.25) is 0 Å². The summed E-state index contributed by atoms with van der Waals surface area (Å²) in [7, 11) is 0. The summed E-state index contributed by atoms with van der Waals surface area (Å²) in [4.78, 5) is 16.0. The third kappa shape index (κ3) is 2.61. The maximum absolute atomic E-state index is 11.4. The first-order valence-electron chi connectivity index (χ1n) is 5.52. The van der Waals surface area contributed by atoms with Crippen molar-refractivity contribution in [2.75, 3.05) is 6.61 Å². The number of rotatable bonds is 3. The topological polar surface area (TPSA) is 47.9 Å². The average Bonchev–Trinajstić information content (AvgIpc) is 2.65. The fourth-order valence-corrected chi connectivity index (χ4v) is 2.08. The van der Waals surface area contributed by atoms with E-state index in [4.69, 9.17) is 4.74 Å². The number of oxime groups is 1. The molecule has 2 rings (SSSR count). The van der Waals surface area contributed by atoms with E-state index in [2.05, 4.69) is 25.9 Å². The lowest BCUT2D eigenvalue weighted by Gasteiger charge is -2.06. The highest BCUT2D eigenvalue weighted by molar-refractivity contribution is 9.10. The lowest BCUT2D eigenvalue weighted by atomic mass is 10.1. The third-order valence-corrected chi connectivity index (χ3v) is 3.06. The van der Waals surface area contributed by atoms with E-state index < -0.39 is 5.97 Å². The van der Waals surface area contributed by atoms with Gasteiger partial charge in [-0.15, -0.1) is 0 Å². The maximum atomic E-state index is 11.4. The van der Waals surface area contributed by atoms with Crippen LogP contribution in [0.15, 0.2) is 33.4 Å². The maximum Gasteiger partial charge on any atom is 0.367 e. The molecule has 0 atom stereocenters. The standard InChI is InChI=1S/C13H12BrNO3/c1-3-17-12-5-4-9(7-11(12)14)6-10-8(2)15-18-13(10)16/h4-7H,3H2,1-2H3/b10-6+. The summed E-state index contributed by atoms with van der Waals surface area (Å²) < 4.78 is 6.27. The molecule has 0 saturated carbocycles. The Bertz CT molecular complexity index is 549. The summed E-state index contributed by atoms with van der Waals surface area (Å²) in [6.45, 7) is 4.27. The molecule has 1 aliphatic rings. The Morgan fingerprint density at radius 1 is 1.50 bits per heavy atom. The molecule has 0 aliphatic carbocycles. The fraction of sp³-hybridized carbons (Fsp3) is 0.231. The summed E-state index contributed by atoms with van der Waals surface area (Å²) >= 11 is 3.43. The summed E-state index contributed by atoms with van der Waals surface area (Å²) in [6, 6.07) is 5.62. The van der Waals surface area contributed by atoms with E-state index in [-0.39, 0.29) is 0 Å². The van der Waals surface area contributed by atoms with Crippen molar-refractivity contribution in [3.8, 4) is 5.75 Å². The number of hydrogen-bond acceptors (Lipinski definition) is 4. The van der Waals surface area contributed by atoms with Gasteiger partial charge in [0.05, 0.1) is 22.4 Å². The van der Waals surface area contributed by atoms with Crippen molar-refractivity contribution >= 4 is 33.7 Å². The first-order chi connectivity index (χ1) is 8.61. The number of hydrogen-bond donors (Lipinski definition) is 0. The predicted octanol–water partition coefficient (Wildman–Crippen LogP) is 3.16. The quantitative estimate of drug-likeness (QED) is 0.636. The van der Waals surface area contributed by atoms with Crippen LogP contribution >= 0.6 is 15.9 Å². The molecule has 5 heteroatoms. The monoisotopic (exact) mass is 309 g/mol. The number of carbonyl (C=O) groups excluding carboxylic acids is 1. The molecule has 0 fully saturated rings. The van der Waals surface area contributed by atoms with Crippen LogP contribution in [0.3, 0.4) is 0 Å². The molecule has 0 N–H and O–H groups in total. The molecule has 1 aromatic carbocycles. The lowest BCUT2D eigenvalue weighted by Crippen LogP contribution is -2.01. The second kappa shape index (κ2) is 5.35. The van der Waals surface area contributed by atoms with Gasteiger partial charge in [0.2, 0.25) is 0 Å². The van der Waals surface area contributed by atoms with E-state index in [1.54, 1.807) is 13.0 Å². The predicted molar refractivity (Wildman–Crippen MR) is 72.5 cm³/mol. The Labute approximate surface area is 113 Å². The molecule has 18 heavy (non-hydrogen) atoms. The van der Waals surface area contributed by atoms with Crippen molar-refractivity contribution in [1.29, 1.82) is 0 Å². The van der Waals surface area contributed by atoms with Crippen molar-refractivity contribution in [2.24, 2.45) is 5.16 Å². The molecule has 0 bridgehead atoms. The van der Waals surface area contributed by atoms with E-state index in [0.29, 0.717) is 17.9 Å². The Hall–Kier alpha value is -1.62. The second-order valence-corrected chi connectivity index (χ2v) is 4.59. The van der Waals surface area contributed by atoms with E-state index >= 15 is 0 Å². The van der Waals surface area contributed by atoms with E-state index in [9.17, 15) is 4.79 Å². The minimum Gasteiger partial charge on any atom is -0.493 e. The van der Waals surface area contributed by atoms with Gasteiger partial charge in [-0.1, -0.05) is 11.2 Å². The molecule has 94 valence electrons. The summed E-state index contributed by atoms with van der Waals surface area (Å²) in [6.07, 6.45) is 1.74. The first-order valence-corrected chi connectivity index (χ1v) is 6.31. The van der Waals surface area contributed by atoms with Crippen LogP contribution in [0, 0.1) is 0 Å². The fourth-order valence-electron chi connectivity index (χ4n) is 1.57. The van der Waals surface area contributed by atoms with Gasteiger partial charge in [0, 0.05) is 0 Å². The Kier molecular flexibility index (Phi) is 3.81. The summed E-state index contributed by atoms with van der Waals surface area (Å²) in [5, 5.41) is 3.63. The second-order valence-electron chi connectivity index (χ2n) is 3.74.